The Hall–Kier alpha value is -1.64. The van der Waals surface area contributed by atoms with E-state index >= 15 is 0 Å². The van der Waals surface area contributed by atoms with E-state index in [1.807, 2.05) is 20.8 Å². The molecule has 1 aromatic carbocycles. The third-order valence-corrected chi connectivity index (χ3v) is 7.98. The molecule has 0 aromatic heterocycles. The minimum atomic E-state index is -3.69. The molecule has 2 heterocycles. The lowest BCUT2D eigenvalue weighted by molar-refractivity contribution is -0.142. The van der Waals surface area contributed by atoms with Crippen molar-refractivity contribution in [3.05, 3.63) is 23.2 Å². The van der Waals surface area contributed by atoms with Crippen LogP contribution in [-0.4, -0.2) is 55.6 Å². The van der Waals surface area contributed by atoms with Gasteiger partial charge in [-0.15, -0.1) is 0 Å². The Morgan fingerprint density at radius 2 is 1.77 bits per heavy atom. The topological polar surface area (TPSA) is 86.8 Å². The van der Waals surface area contributed by atoms with Crippen LogP contribution >= 0.6 is 11.6 Å². The first-order chi connectivity index (χ1) is 14.0. The van der Waals surface area contributed by atoms with Crippen molar-refractivity contribution in [2.75, 3.05) is 31.5 Å². The highest BCUT2D eigenvalue weighted by Gasteiger charge is 2.34. The van der Waals surface area contributed by atoms with Gasteiger partial charge in [0.25, 0.3) is 0 Å². The summed E-state index contributed by atoms with van der Waals surface area (Å²) in [6.45, 7) is 7.59. The summed E-state index contributed by atoms with van der Waals surface area (Å²) in [5, 5.41) is 2.96. The van der Waals surface area contributed by atoms with Gasteiger partial charge < -0.3 is 10.2 Å². The number of hydrogen-bond acceptors (Lipinski definition) is 4. The molecule has 0 saturated carbocycles. The molecule has 0 bridgehead atoms. The third-order valence-electron chi connectivity index (χ3n) is 5.60. The minimum absolute atomic E-state index is 0.0112. The van der Waals surface area contributed by atoms with Crippen LogP contribution in [0.15, 0.2) is 23.1 Å². The Morgan fingerprint density at radius 1 is 1.10 bits per heavy atom. The molecule has 2 aliphatic heterocycles. The van der Waals surface area contributed by atoms with Crippen molar-refractivity contribution in [2.24, 2.45) is 11.3 Å². The number of rotatable bonds is 4. The molecular formula is C21H30ClN3O4S. The van der Waals surface area contributed by atoms with E-state index in [9.17, 15) is 18.0 Å². The van der Waals surface area contributed by atoms with Crippen molar-refractivity contribution < 1.29 is 18.0 Å². The number of benzene rings is 1. The van der Waals surface area contributed by atoms with Gasteiger partial charge in [-0.1, -0.05) is 32.4 Å². The molecule has 2 amide bonds. The second kappa shape index (κ2) is 8.85. The number of amides is 2. The molecule has 7 nitrogen and oxygen atoms in total. The van der Waals surface area contributed by atoms with Crippen molar-refractivity contribution in [2.45, 2.75) is 51.3 Å². The fourth-order valence-corrected chi connectivity index (χ4v) is 5.96. The number of likely N-dealkylation sites (tertiary alicyclic amines) is 1. The second-order valence-electron chi connectivity index (χ2n) is 9.09. The monoisotopic (exact) mass is 455 g/mol. The van der Waals surface area contributed by atoms with E-state index in [0.29, 0.717) is 38.3 Å². The van der Waals surface area contributed by atoms with E-state index < -0.39 is 15.4 Å². The lowest BCUT2D eigenvalue weighted by atomic mass is 9.91. The smallest absolute Gasteiger partial charge is 0.244 e. The molecule has 1 N–H and O–H groups in total. The molecule has 1 aromatic rings. The number of nitrogens with zero attached hydrogens (tertiary/aromatic N) is 2. The van der Waals surface area contributed by atoms with Gasteiger partial charge in [0.15, 0.2) is 0 Å². The van der Waals surface area contributed by atoms with E-state index in [0.717, 1.165) is 19.3 Å². The van der Waals surface area contributed by atoms with Crippen LogP contribution < -0.4 is 5.32 Å². The average molecular weight is 456 g/mol. The van der Waals surface area contributed by atoms with Crippen LogP contribution in [0.25, 0.3) is 0 Å². The van der Waals surface area contributed by atoms with Crippen molar-refractivity contribution in [3.63, 3.8) is 0 Å². The molecule has 0 aliphatic carbocycles. The quantitative estimate of drug-likeness (QED) is 0.754. The molecule has 0 spiro atoms. The highest BCUT2D eigenvalue weighted by molar-refractivity contribution is 7.89. The largest absolute Gasteiger partial charge is 0.341 e. The number of nitrogens with one attached hydrogen (secondary N) is 1. The molecule has 9 heteroatoms. The number of piperidine rings is 1. The van der Waals surface area contributed by atoms with Crippen LogP contribution in [0.2, 0.25) is 5.02 Å². The Labute approximate surface area is 183 Å². The SMILES string of the molecule is CC(C)(C)C(=O)N1CCCC(C(=O)Nc2ccc(Cl)c(S(=O)(=O)N3CCCC3)c2)C1. The molecule has 2 aliphatic rings. The van der Waals surface area contributed by atoms with E-state index in [-0.39, 0.29) is 27.7 Å². The molecule has 2 fully saturated rings. The fraction of sp³-hybridized carbons (Fsp3) is 0.619. The first kappa shape index (κ1) is 23.0. The van der Waals surface area contributed by atoms with Gasteiger partial charge in [-0.25, -0.2) is 8.42 Å². The number of anilines is 1. The summed E-state index contributed by atoms with van der Waals surface area (Å²) in [4.78, 5) is 27.2. The number of halogens is 1. The Balaban J connectivity index is 1.73. The highest BCUT2D eigenvalue weighted by Crippen LogP contribution is 2.30. The van der Waals surface area contributed by atoms with Crippen LogP contribution in [0.5, 0.6) is 0 Å². The summed E-state index contributed by atoms with van der Waals surface area (Å²) in [5.41, 5.74) is -0.102. The Kier molecular flexibility index (Phi) is 6.79. The summed E-state index contributed by atoms with van der Waals surface area (Å²) in [5.74, 6) is -0.516. The predicted octanol–water partition coefficient (Wildman–Crippen LogP) is 3.35. The maximum Gasteiger partial charge on any atom is 0.244 e. The molecule has 1 atom stereocenters. The minimum Gasteiger partial charge on any atom is -0.341 e. The molecular weight excluding hydrogens is 426 g/mol. The first-order valence-corrected chi connectivity index (χ1v) is 12.2. The fourth-order valence-electron chi connectivity index (χ4n) is 3.94. The second-order valence-corrected chi connectivity index (χ2v) is 11.4. The zero-order chi connectivity index (χ0) is 22.1. The summed E-state index contributed by atoms with van der Waals surface area (Å²) in [7, 11) is -3.69. The van der Waals surface area contributed by atoms with Crippen LogP contribution in [0.4, 0.5) is 5.69 Å². The zero-order valence-corrected chi connectivity index (χ0v) is 19.4. The zero-order valence-electron chi connectivity index (χ0n) is 17.8. The average Bonchev–Trinajstić information content (AvgIpc) is 3.24. The van der Waals surface area contributed by atoms with E-state index in [1.165, 1.54) is 16.4 Å². The molecule has 1 unspecified atom stereocenters. The molecule has 3 rings (SSSR count). The van der Waals surface area contributed by atoms with Gasteiger partial charge in [0.05, 0.1) is 10.9 Å². The normalized spacial score (nSPS) is 20.9. The van der Waals surface area contributed by atoms with Crippen molar-refractivity contribution in [3.8, 4) is 0 Å². The predicted molar refractivity (Wildman–Crippen MR) is 117 cm³/mol. The molecule has 166 valence electrons. The standard InChI is InChI=1S/C21H30ClN3O4S/c1-21(2,3)20(27)24-10-6-7-15(14-24)19(26)23-16-8-9-17(22)18(13-16)30(28,29)25-11-4-5-12-25/h8-9,13,15H,4-7,10-12,14H2,1-3H3,(H,23,26). The maximum atomic E-state index is 12.9. The number of sulfonamides is 1. The van der Waals surface area contributed by atoms with Gasteiger partial charge in [0, 0.05) is 37.3 Å². The van der Waals surface area contributed by atoms with Crippen molar-refractivity contribution in [1.29, 1.82) is 0 Å². The summed E-state index contributed by atoms with van der Waals surface area (Å²) < 4.78 is 27.2. The summed E-state index contributed by atoms with van der Waals surface area (Å²) in [6, 6.07) is 4.52. The Bertz CT molecular complexity index is 921. The van der Waals surface area contributed by atoms with Gasteiger partial charge in [-0.05, 0) is 43.9 Å². The number of carbonyl (C=O) groups excluding carboxylic acids is 2. The number of carbonyl (C=O) groups is 2. The molecule has 0 radical (unpaired) electrons. The Morgan fingerprint density at radius 3 is 2.40 bits per heavy atom. The van der Waals surface area contributed by atoms with Crippen molar-refractivity contribution in [1.82, 2.24) is 9.21 Å². The van der Waals surface area contributed by atoms with Crippen LogP contribution in [0.3, 0.4) is 0 Å². The van der Waals surface area contributed by atoms with Gasteiger partial charge in [-0.2, -0.15) is 4.31 Å². The van der Waals surface area contributed by atoms with Crippen molar-refractivity contribution >= 4 is 39.1 Å². The van der Waals surface area contributed by atoms with Crippen LogP contribution in [0, 0.1) is 11.3 Å². The van der Waals surface area contributed by atoms with Gasteiger partial charge in [-0.3, -0.25) is 9.59 Å². The van der Waals surface area contributed by atoms with E-state index in [1.54, 1.807) is 11.0 Å². The summed E-state index contributed by atoms with van der Waals surface area (Å²) in [6.07, 6.45) is 3.11. The molecule has 30 heavy (non-hydrogen) atoms. The summed E-state index contributed by atoms with van der Waals surface area (Å²) >= 11 is 6.18. The number of hydrogen-bond donors (Lipinski definition) is 1. The lowest BCUT2D eigenvalue weighted by Crippen LogP contribution is -2.47. The van der Waals surface area contributed by atoms with E-state index in [4.69, 9.17) is 11.6 Å². The van der Waals surface area contributed by atoms with E-state index in [2.05, 4.69) is 5.32 Å². The highest BCUT2D eigenvalue weighted by atomic mass is 35.5. The first-order valence-electron chi connectivity index (χ1n) is 10.4. The van der Waals surface area contributed by atoms with Crippen LogP contribution in [0.1, 0.15) is 46.5 Å². The van der Waals surface area contributed by atoms with Crippen LogP contribution in [-0.2, 0) is 19.6 Å². The third kappa shape index (κ3) is 4.98. The lowest BCUT2D eigenvalue weighted by Gasteiger charge is -2.35. The van der Waals surface area contributed by atoms with Gasteiger partial charge in [0.1, 0.15) is 4.90 Å². The van der Waals surface area contributed by atoms with Gasteiger partial charge in [0.2, 0.25) is 21.8 Å². The maximum absolute atomic E-state index is 12.9. The van der Waals surface area contributed by atoms with Gasteiger partial charge >= 0.3 is 0 Å². The molecule has 2 saturated heterocycles.